The van der Waals surface area contributed by atoms with Crippen LogP contribution in [0.25, 0.3) is 0 Å². The van der Waals surface area contributed by atoms with Gasteiger partial charge in [0.25, 0.3) is 0 Å². The summed E-state index contributed by atoms with van der Waals surface area (Å²) in [7, 11) is 1.79. The van der Waals surface area contributed by atoms with Gasteiger partial charge >= 0.3 is 0 Å². The summed E-state index contributed by atoms with van der Waals surface area (Å²) < 4.78 is 5.23. The van der Waals surface area contributed by atoms with Crippen molar-refractivity contribution < 1.29 is 4.74 Å². The molecule has 0 aliphatic carbocycles. The quantitative estimate of drug-likeness (QED) is 0.789. The maximum absolute atomic E-state index is 5.23. The second-order valence-corrected chi connectivity index (χ2v) is 6.96. The predicted molar refractivity (Wildman–Crippen MR) is 77.9 cm³/mol. The fourth-order valence-corrected chi connectivity index (χ4v) is 2.85. The molecule has 0 aromatic rings. The summed E-state index contributed by atoms with van der Waals surface area (Å²) >= 11 is 0. The smallest absolute Gasteiger partial charge is 0.0467 e. The normalized spacial score (nSPS) is 26.8. The lowest BCUT2D eigenvalue weighted by Crippen LogP contribution is -2.59. The molecule has 1 aliphatic heterocycles. The molecule has 0 saturated carbocycles. The maximum Gasteiger partial charge on any atom is 0.0467 e. The second-order valence-electron chi connectivity index (χ2n) is 6.96. The van der Waals surface area contributed by atoms with Gasteiger partial charge in [-0.3, -0.25) is 4.90 Å². The van der Waals surface area contributed by atoms with E-state index in [9.17, 15) is 0 Å². The number of ether oxygens (including phenoxy) is 1. The van der Waals surface area contributed by atoms with Gasteiger partial charge in [-0.2, -0.15) is 0 Å². The Morgan fingerprint density at radius 2 is 2.06 bits per heavy atom. The Morgan fingerprint density at radius 1 is 1.39 bits per heavy atom. The Morgan fingerprint density at radius 3 is 2.61 bits per heavy atom. The lowest BCUT2D eigenvalue weighted by Gasteiger charge is -2.45. The van der Waals surface area contributed by atoms with Gasteiger partial charge in [0, 0.05) is 45.4 Å². The van der Waals surface area contributed by atoms with Gasteiger partial charge in [0.1, 0.15) is 0 Å². The third-order valence-corrected chi connectivity index (χ3v) is 4.04. The Kier molecular flexibility index (Phi) is 6.09. The largest absolute Gasteiger partial charge is 0.385 e. The van der Waals surface area contributed by atoms with Gasteiger partial charge in [-0.1, -0.05) is 27.7 Å². The number of piperazine rings is 1. The van der Waals surface area contributed by atoms with Gasteiger partial charge in [-0.15, -0.1) is 0 Å². The van der Waals surface area contributed by atoms with E-state index in [4.69, 9.17) is 4.74 Å². The number of nitrogens with zero attached hydrogens (tertiary/aromatic N) is 1. The third kappa shape index (κ3) is 4.87. The summed E-state index contributed by atoms with van der Waals surface area (Å²) in [6, 6.07) is 1.28. The van der Waals surface area contributed by atoms with E-state index in [1.54, 1.807) is 7.11 Å². The van der Waals surface area contributed by atoms with Crippen molar-refractivity contribution in [2.24, 2.45) is 11.3 Å². The summed E-state index contributed by atoms with van der Waals surface area (Å²) in [6.45, 7) is 16.0. The summed E-state index contributed by atoms with van der Waals surface area (Å²) in [4.78, 5) is 2.68. The number of hydrogen-bond donors (Lipinski definition) is 1. The minimum absolute atomic E-state index is 0.334. The van der Waals surface area contributed by atoms with Gasteiger partial charge in [0.05, 0.1) is 0 Å². The fourth-order valence-electron chi connectivity index (χ4n) is 2.85. The molecular formula is C15H32N2O. The molecule has 1 heterocycles. The van der Waals surface area contributed by atoms with Gasteiger partial charge < -0.3 is 10.1 Å². The Labute approximate surface area is 113 Å². The monoisotopic (exact) mass is 256 g/mol. The molecule has 3 nitrogen and oxygen atoms in total. The van der Waals surface area contributed by atoms with E-state index in [1.807, 2.05) is 0 Å². The topological polar surface area (TPSA) is 24.5 Å². The Balaban J connectivity index is 2.59. The van der Waals surface area contributed by atoms with Gasteiger partial charge in [0.2, 0.25) is 0 Å². The molecule has 2 atom stereocenters. The highest BCUT2D eigenvalue weighted by Crippen LogP contribution is 2.26. The van der Waals surface area contributed by atoms with Crippen LogP contribution < -0.4 is 5.32 Å². The molecule has 1 fully saturated rings. The zero-order valence-electron chi connectivity index (χ0n) is 13.1. The molecule has 18 heavy (non-hydrogen) atoms. The van der Waals surface area contributed by atoms with E-state index < -0.39 is 0 Å². The highest BCUT2D eigenvalue weighted by molar-refractivity contribution is 4.88. The summed E-state index contributed by atoms with van der Waals surface area (Å²) in [5, 5.41) is 3.61. The van der Waals surface area contributed by atoms with Crippen molar-refractivity contribution >= 4 is 0 Å². The summed E-state index contributed by atoms with van der Waals surface area (Å²) in [5.74, 6) is 0.711. The van der Waals surface area contributed by atoms with Crippen LogP contribution in [0.2, 0.25) is 0 Å². The minimum atomic E-state index is 0.334. The first-order valence-electron chi connectivity index (χ1n) is 7.32. The minimum Gasteiger partial charge on any atom is -0.385 e. The van der Waals surface area contributed by atoms with E-state index in [1.165, 1.54) is 13.1 Å². The molecule has 0 aromatic heterocycles. The molecule has 108 valence electrons. The molecule has 1 aliphatic rings. The second kappa shape index (κ2) is 6.88. The van der Waals surface area contributed by atoms with Crippen LogP contribution in [0.4, 0.5) is 0 Å². The summed E-state index contributed by atoms with van der Waals surface area (Å²) in [5.41, 5.74) is 0.334. The van der Waals surface area contributed by atoms with Crippen LogP contribution >= 0.6 is 0 Å². The lowest BCUT2D eigenvalue weighted by atomic mass is 9.87. The van der Waals surface area contributed by atoms with Crippen molar-refractivity contribution in [3.05, 3.63) is 0 Å². The summed E-state index contributed by atoms with van der Waals surface area (Å²) in [6.07, 6.45) is 1.13. The highest BCUT2D eigenvalue weighted by Gasteiger charge is 2.31. The van der Waals surface area contributed by atoms with Crippen LogP contribution in [-0.2, 0) is 4.74 Å². The third-order valence-electron chi connectivity index (χ3n) is 4.04. The molecule has 0 bridgehead atoms. The molecule has 1 saturated heterocycles. The Hall–Kier alpha value is -0.120. The molecule has 2 unspecified atom stereocenters. The standard InChI is InChI=1S/C15H32N2O/c1-12(2)14-9-16-13(3)10-17(14)11-15(4,5)7-8-18-6/h12-14,16H,7-11H2,1-6H3. The first-order valence-corrected chi connectivity index (χ1v) is 7.32. The number of rotatable bonds is 6. The van der Waals surface area contributed by atoms with E-state index >= 15 is 0 Å². The van der Waals surface area contributed by atoms with Crippen molar-refractivity contribution in [1.29, 1.82) is 0 Å². The average molecular weight is 256 g/mol. The van der Waals surface area contributed by atoms with Crippen molar-refractivity contribution in [2.75, 3.05) is 33.4 Å². The molecule has 0 radical (unpaired) electrons. The van der Waals surface area contributed by atoms with E-state index in [-0.39, 0.29) is 0 Å². The number of nitrogens with one attached hydrogen (secondary N) is 1. The first kappa shape index (κ1) is 15.9. The Bertz CT molecular complexity index is 241. The van der Waals surface area contributed by atoms with Crippen molar-refractivity contribution in [3.63, 3.8) is 0 Å². The van der Waals surface area contributed by atoms with Crippen LogP contribution in [0.1, 0.15) is 41.0 Å². The van der Waals surface area contributed by atoms with Crippen molar-refractivity contribution in [2.45, 2.75) is 53.1 Å². The van der Waals surface area contributed by atoms with E-state index in [0.29, 0.717) is 23.4 Å². The van der Waals surface area contributed by atoms with Crippen LogP contribution in [0.15, 0.2) is 0 Å². The zero-order chi connectivity index (χ0) is 13.8. The van der Waals surface area contributed by atoms with Crippen LogP contribution in [-0.4, -0.2) is 50.3 Å². The van der Waals surface area contributed by atoms with Gasteiger partial charge in [-0.25, -0.2) is 0 Å². The average Bonchev–Trinajstić information content (AvgIpc) is 2.25. The van der Waals surface area contributed by atoms with Gasteiger partial charge in [-0.05, 0) is 24.7 Å². The van der Waals surface area contributed by atoms with E-state index in [2.05, 4.69) is 44.8 Å². The number of methoxy groups -OCH3 is 1. The highest BCUT2D eigenvalue weighted by atomic mass is 16.5. The molecule has 0 spiro atoms. The molecule has 0 aromatic carbocycles. The molecule has 1 rings (SSSR count). The maximum atomic E-state index is 5.23. The van der Waals surface area contributed by atoms with Crippen LogP contribution in [0.5, 0.6) is 0 Å². The van der Waals surface area contributed by atoms with Crippen molar-refractivity contribution in [1.82, 2.24) is 10.2 Å². The fraction of sp³-hybridized carbons (Fsp3) is 1.00. The molecular weight excluding hydrogens is 224 g/mol. The first-order chi connectivity index (χ1) is 8.35. The van der Waals surface area contributed by atoms with Crippen LogP contribution in [0.3, 0.4) is 0 Å². The molecule has 1 N–H and O–H groups in total. The predicted octanol–water partition coefficient (Wildman–Crippen LogP) is 2.37. The van der Waals surface area contributed by atoms with Crippen LogP contribution in [0, 0.1) is 11.3 Å². The number of hydrogen-bond acceptors (Lipinski definition) is 3. The SMILES string of the molecule is COCCC(C)(C)CN1CC(C)NCC1C(C)C. The van der Waals surface area contributed by atoms with Crippen molar-refractivity contribution in [3.8, 4) is 0 Å². The zero-order valence-corrected chi connectivity index (χ0v) is 13.1. The molecule has 0 amide bonds. The van der Waals surface area contributed by atoms with Gasteiger partial charge in [0.15, 0.2) is 0 Å². The molecule has 3 heteroatoms. The van der Waals surface area contributed by atoms with E-state index in [0.717, 1.165) is 19.6 Å². The lowest BCUT2D eigenvalue weighted by molar-refractivity contribution is 0.0496.